The van der Waals surface area contributed by atoms with Crippen molar-refractivity contribution < 1.29 is 22.6 Å². The number of hydrogen-bond donors (Lipinski definition) is 1. The van der Waals surface area contributed by atoms with Gasteiger partial charge in [0.1, 0.15) is 17.6 Å². The Bertz CT molecular complexity index is 655. The Balaban J connectivity index is 1.86. The molecule has 0 spiro atoms. The van der Waals surface area contributed by atoms with E-state index in [1.807, 2.05) is 30.3 Å². The largest absolute Gasteiger partial charge is 0.573 e. The van der Waals surface area contributed by atoms with E-state index in [0.29, 0.717) is 11.3 Å². The van der Waals surface area contributed by atoms with Crippen LogP contribution in [-0.4, -0.2) is 19.5 Å². The van der Waals surface area contributed by atoms with Gasteiger partial charge in [0.15, 0.2) is 0 Å². The number of nitrogens with one attached hydrogen (secondary N) is 1. The third-order valence-corrected chi connectivity index (χ3v) is 3.95. The summed E-state index contributed by atoms with van der Waals surface area (Å²) >= 11 is 0. The van der Waals surface area contributed by atoms with Crippen molar-refractivity contribution in [2.45, 2.75) is 18.9 Å². The minimum atomic E-state index is -4.71. The van der Waals surface area contributed by atoms with Crippen LogP contribution in [0.1, 0.15) is 18.1 Å². The highest BCUT2D eigenvalue weighted by molar-refractivity contribution is 5.32. The molecule has 6 heteroatoms. The summed E-state index contributed by atoms with van der Waals surface area (Å²) in [5.41, 5.74) is 0.675. The highest BCUT2D eigenvalue weighted by Gasteiger charge is 2.32. The molecule has 1 N–H and O–H groups in total. The van der Waals surface area contributed by atoms with Gasteiger partial charge in [0.25, 0.3) is 0 Å². The third kappa shape index (κ3) is 4.41. The summed E-state index contributed by atoms with van der Waals surface area (Å²) < 4.78 is 47.5. The van der Waals surface area contributed by atoms with Crippen molar-refractivity contribution in [3.63, 3.8) is 0 Å². The molecule has 2 aromatic carbocycles. The predicted octanol–water partition coefficient (Wildman–Crippen LogP) is 4.31. The molecule has 0 radical (unpaired) electrons. The summed E-state index contributed by atoms with van der Waals surface area (Å²) in [5.74, 6) is 0.649. The van der Waals surface area contributed by atoms with E-state index in [1.165, 1.54) is 12.1 Å². The fourth-order valence-corrected chi connectivity index (χ4v) is 2.91. The van der Waals surface area contributed by atoms with Gasteiger partial charge in [-0.15, -0.1) is 13.2 Å². The van der Waals surface area contributed by atoms with Crippen LogP contribution in [0.2, 0.25) is 0 Å². The number of benzene rings is 2. The van der Waals surface area contributed by atoms with E-state index in [9.17, 15) is 13.2 Å². The fourth-order valence-electron chi connectivity index (χ4n) is 2.91. The second kappa shape index (κ2) is 7.13. The summed E-state index contributed by atoms with van der Waals surface area (Å²) in [7, 11) is 0. The van der Waals surface area contributed by atoms with Gasteiger partial charge in [-0.3, -0.25) is 0 Å². The highest BCUT2D eigenvalue weighted by Crippen LogP contribution is 2.34. The van der Waals surface area contributed by atoms with Crippen molar-refractivity contribution in [1.29, 1.82) is 0 Å². The first-order valence-electron chi connectivity index (χ1n) is 7.79. The number of alkyl halides is 3. The molecule has 0 amide bonds. The standard InChI is InChI=1S/C18H18F3NO2/c19-18(20,21)24-16-8-4-5-13(11-16)17(14-9-10-22-12-14)23-15-6-2-1-3-7-15/h1-8,11,14,17,22H,9-10,12H2/t14-,17-/m0/s1. The molecule has 0 aliphatic carbocycles. The lowest BCUT2D eigenvalue weighted by Crippen LogP contribution is -2.22. The molecule has 2 aromatic rings. The molecule has 1 aliphatic heterocycles. The van der Waals surface area contributed by atoms with Crippen LogP contribution in [-0.2, 0) is 0 Å². The zero-order chi connectivity index (χ0) is 17.0. The second-order valence-electron chi connectivity index (χ2n) is 5.72. The van der Waals surface area contributed by atoms with Crippen LogP contribution in [0, 0.1) is 5.92 Å². The molecule has 1 saturated heterocycles. The van der Waals surface area contributed by atoms with Crippen molar-refractivity contribution in [3.05, 3.63) is 60.2 Å². The summed E-state index contributed by atoms with van der Waals surface area (Å²) in [6.45, 7) is 1.64. The van der Waals surface area contributed by atoms with Gasteiger partial charge in [0, 0.05) is 12.5 Å². The molecule has 128 valence electrons. The first-order valence-corrected chi connectivity index (χ1v) is 7.79. The zero-order valence-electron chi connectivity index (χ0n) is 12.9. The van der Waals surface area contributed by atoms with E-state index < -0.39 is 6.36 Å². The molecule has 1 heterocycles. The Morgan fingerprint density at radius 2 is 1.75 bits per heavy atom. The Morgan fingerprint density at radius 3 is 2.42 bits per heavy atom. The maximum atomic E-state index is 12.5. The molecule has 3 rings (SSSR count). The number of rotatable bonds is 5. The maximum Gasteiger partial charge on any atom is 0.573 e. The molecule has 1 aliphatic rings. The first-order chi connectivity index (χ1) is 11.5. The van der Waals surface area contributed by atoms with E-state index in [0.717, 1.165) is 19.5 Å². The molecular weight excluding hydrogens is 319 g/mol. The molecule has 0 unspecified atom stereocenters. The predicted molar refractivity (Wildman–Crippen MR) is 83.9 cm³/mol. The lowest BCUT2D eigenvalue weighted by molar-refractivity contribution is -0.274. The van der Waals surface area contributed by atoms with Crippen LogP contribution in [0.4, 0.5) is 13.2 Å². The molecule has 2 atom stereocenters. The minimum absolute atomic E-state index is 0.186. The van der Waals surface area contributed by atoms with E-state index >= 15 is 0 Å². The average molecular weight is 337 g/mol. The second-order valence-corrected chi connectivity index (χ2v) is 5.72. The van der Waals surface area contributed by atoms with Gasteiger partial charge in [0.2, 0.25) is 0 Å². The normalized spacial score (nSPS) is 19.0. The van der Waals surface area contributed by atoms with Gasteiger partial charge in [-0.1, -0.05) is 30.3 Å². The van der Waals surface area contributed by atoms with Crippen LogP contribution in [0.5, 0.6) is 11.5 Å². The summed E-state index contributed by atoms with van der Waals surface area (Å²) in [5, 5.41) is 3.27. The highest BCUT2D eigenvalue weighted by atomic mass is 19.4. The molecule has 0 bridgehead atoms. The van der Waals surface area contributed by atoms with E-state index in [2.05, 4.69) is 10.1 Å². The topological polar surface area (TPSA) is 30.5 Å². The quantitative estimate of drug-likeness (QED) is 0.882. The van der Waals surface area contributed by atoms with Crippen LogP contribution < -0.4 is 14.8 Å². The van der Waals surface area contributed by atoms with Crippen LogP contribution in [0.15, 0.2) is 54.6 Å². The Kier molecular flexibility index (Phi) is 4.94. The van der Waals surface area contributed by atoms with Crippen molar-refractivity contribution in [2.75, 3.05) is 13.1 Å². The summed E-state index contributed by atoms with van der Waals surface area (Å²) in [6.07, 6.45) is -4.13. The fraction of sp³-hybridized carbons (Fsp3) is 0.333. The number of hydrogen-bond acceptors (Lipinski definition) is 3. The van der Waals surface area contributed by atoms with Gasteiger partial charge in [-0.2, -0.15) is 0 Å². The molecule has 3 nitrogen and oxygen atoms in total. The van der Waals surface area contributed by atoms with Crippen LogP contribution >= 0.6 is 0 Å². The lowest BCUT2D eigenvalue weighted by Gasteiger charge is -2.25. The van der Waals surface area contributed by atoms with Crippen LogP contribution in [0.25, 0.3) is 0 Å². The van der Waals surface area contributed by atoms with Crippen molar-refractivity contribution in [2.24, 2.45) is 5.92 Å². The van der Waals surface area contributed by atoms with Crippen molar-refractivity contribution in [3.8, 4) is 11.5 Å². The van der Waals surface area contributed by atoms with E-state index in [-0.39, 0.29) is 17.8 Å². The van der Waals surface area contributed by atoms with Crippen molar-refractivity contribution >= 4 is 0 Å². The Labute approximate surface area is 138 Å². The van der Waals surface area contributed by atoms with E-state index in [4.69, 9.17) is 4.74 Å². The monoisotopic (exact) mass is 337 g/mol. The minimum Gasteiger partial charge on any atom is -0.485 e. The van der Waals surface area contributed by atoms with Gasteiger partial charge >= 0.3 is 6.36 Å². The number of halogens is 3. The zero-order valence-corrected chi connectivity index (χ0v) is 12.9. The van der Waals surface area contributed by atoms with Gasteiger partial charge < -0.3 is 14.8 Å². The maximum absolute atomic E-state index is 12.5. The smallest absolute Gasteiger partial charge is 0.485 e. The van der Waals surface area contributed by atoms with Gasteiger partial charge in [-0.25, -0.2) is 0 Å². The summed E-state index contributed by atoms with van der Waals surface area (Å²) in [4.78, 5) is 0. The summed E-state index contributed by atoms with van der Waals surface area (Å²) in [6, 6.07) is 15.3. The van der Waals surface area contributed by atoms with E-state index in [1.54, 1.807) is 12.1 Å². The van der Waals surface area contributed by atoms with Gasteiger partial charge in [0.05, 0.1) is 0 Å². The number of ether oxygens (including phenoxy) is 2. The average Bonchev–Trinajstić information content (AvgIpc) is 3.06. The molecule has 0 aromatic heterocycles. The molecule has 1 fully saturated rings. The van der Waals surface area contributed by atoms with Crippen LogP contribution in [0.3, 0.4) is 0 Å². The molecular formula is C18H18F3NO2. The SMILES string of the molecule is FC(F)(F)Oc1cccc([C@H](Oc2ccccc2)[C@H]2CCNC2)c1. The Hall–Kier alpha value is -2.21. The van der Waals surface area contributed by atoms with Gasteiger partial charge in [-0.05, 0) is 42.8 Å². The Morgan fingerprint density at radius 1 is 1.00 bits per heavy atom. The molecule has 0 saturated carbocycles. The lowest BCUT2D eigenvalue weighted by atomic mass is 9.94. The first kappa shape index (κ1) is 16.6. The van der Waals surface area contributed by atoms with Crippen molar-refractivity contribution in [1.82, 2.24) is 5.32 Å². The molecule has 24 heavy (non-hydrogen) atoms. The third-order valence-electron chi connectivity index (χ3n) is 3.95. The number of para-hydroxylation sites is 1.